The van der Waals surface area contributed by atoms with Crippen LogP contribution >= 0.6 is 23.5 Å². The van der Waals surface area contributed by atoms with Gasteiger partial charge in [0.05, 0.1) is 13.7 Å². The zero-order chi connectivity index (χ0) is 17.9. The number of ether oxygens (including phenoxy) is 2. The highest BCUT2D eigenvalue weighted by molar-refractivity contribution is 8.18. The van der Waals surface area contributed by atoms with Crippen LogP contribution in [0.15, 0.2) is 54.6 Å². The summed E-state index contributed by atoms with van der Waals surface area (Å²) in [5.74, 6) is 0.761. The quantitative estimate of drug-likeness (QED) is 0.540. The van der Waals surface area contributed by atoms with Gasteiger partial charge in [-0.2, -0.15) is 0 Å². The van der Waals surface area contributed by atoms with Crippen LogP contribution in [-0.2, 0) is 16.1 Å². The smallest absolute Gasteiger partial charge is 0.262 e. The summed E-state index contributed by atoms with van der Waals surface area (Å²) in [7, 11) is 1.63. The van der Waals surface area contributed by atoms with Crippen LogP contribution in [0, 0.1) is 0 Å². The van der Waals surface area contributed by atoms with E-state index in [9.17, 15) is 4.79 Å². The van der Waals surface area contributed by atoms with Crippen molar-refractivity contribution in [2.45, 2.75) is 16.9 Å². The third kappa shape index (κ3) is 3.26. The zero-order valence-electron chi connectivity index (χ0n) is 14.5. The van der Waals surface area contributed by atoms with Crippen molar-refractivity contribution < 1.29 is 14.3 Å². The Morgan fingerprint density at radius 1 is 1.04 bits per heavy atom. The third-order valence-corrected chi connectivity index (χ3v) is 7.23. The maximum absolute atomic E-state index is 12.8. The number of amides is 1. The largest absolute Gasteiger partial charge is 0.497 e. The van der Waals surface area contributed by atoms with Gasteiger partial charge in [-0.1, -0.05) is 30.3 Å². The van der Waals surface area contributed by atoms with E-state index in [2.05, 4.69) is 0 Å². The molecule has 0 N–H and O–H groups in total. The molecule has 6 heteroatoms. The normalized spacial score (nSPS) is 18.8. The average molecular weight is 376 g/mol. The number of methoxy groups -OCH3 is 1. The molecule has 0 aromatic heterocycles. The van der Waals surface area contributed by atoms with E-state index in [-0.39, 0.29) is 5.91 Å². The van der Waals surface area contributed by atoms with E-state index in [1.807, 2.05) is 72.0 Å². The summed E-state index contributed by atoms with van der Waals surface area (Å²) in [5.41, 5.74) is 1.92. The number of β-lactam (4-membered cyclic amide) rings is 1. The minimum Gasteiger partial charge on any atom is -0.497 e. The molecule has 1 atom stereocenters. The first-order chi connectivity index (χ1) is 12.2. The number of benzene rings is 2. The number of anilines is 1. The summed E-state index contributed by atoms with van der Waals surface area (Å²) in [5, 5.41) is 0. The van der Waals surface area contributed by atoms with E-state index in [0.717, 1.165) is 17.0 Å². The van der Waals surface area contributed by atoms with Crippen LogP contribution in [0.2, 0.25) is 0 Å². The van der Waals surface area contributed by atoms with Gasteiger partial charge >= 0.3 is 0 Å². The SMILES string of the molecule is COc1ccc(N2C(=O)C(OCc3ccccc3)C2(SC)SC)cc1. The number of carbonyl (C=O) groups is 1. The topological polar surface area (TPSA) is 38.8 Å². The molecule has 132 valence electrons. The molecule has 0 spiro atoms. The minimum absolute atomic E-state index is 0.00945. The Balaban J connectivity index is 1.80. The molecule has 3 rings (SSSR count). The first-order valence-corrected chi connectivity index (χ1v) is 10.3. The van der Waals surface area contributed by atoms with Crippen molar-refractivity contribution in [1.82, 2.24) is 0 Å². The highest BCUT2D eigenvalue weighted by Crippen LogP contribution is 2.52. The van der Waals surface area contributed by atoms with Gasteiger partial charge in [0.15, 0.2) is 10.3 Å². The number of hydrogen-bond donors (Lipinski definition) is 0. The molecule has 4 nitrogen and oxygen atoms in total. The Labute approximate surface area is 156 Å². The molecular weight excluding hydrogens is 354 g/mol. The lowest BCUT2D eigenvalue weighted by molar-refractivity contribution is -0.141. The van der Waals surface area contributed by atoms with Crippen molar-refractivity contribution in [3.05, 3.63) is 60.2 Å². The van der Waals surface area contributed by atoms with E-state index in [0.29, 0.717) is 6.61 Å². The standard InChI is InChI=1S/C19H21NO3S2/c1-22-16-11-9-15(10-12-16)20-18(21)17(19(20,24-2)25-3)23-13-14-7-5-4-6-8-14/h4-12,17H,13H2,1-3H3. The number of carbonyl (C=O) groups excluding carboxylic acids is 1. The van der Waals surface area contributed by atoms with Gasteiger partial charge in [-0.05, 0) is 42.3 Å². The lowest BCUT2D eigenvalue weighted by atomic mass is 10.1. The molecule has 1 heterocycles. The van der Waals surface area contributed by atoms with Crippen LogP contribution in [0.4, 0.5) is 5.69 Å². The summed E-state index contributed by atoms with van der Waals surface area (Å²) < 4.78 is 10.8. The second kappa shape index (κ2) is 7.72. The van der Waals surface area contributed by atoms with Crippen LogP contribution < -0.4 is 9.64 Å². The fourth-order valence-corrected chi connectivity index (χ4v) is 5.12. The van der Waals surface area contributed by atoms with Crippen LogP contribution in [0.5, 0.6) is 5.75 Å². The Morgan fingerprint density at radius 2 is 1.68 bits per heavy atom. The Kier molecular flexibility index (Phi) is 5.61. The average Bonchev–Trinajstić information content (AvgIpc) is 2.67. The molecule has 1 unspecified atom stereocenters. The summed E-state index contributed by atoms with van der Waals surface area (Å²) in [6.45, 7) is 0.427. The second-order valence-electron chi connectivity index (χ2n) is 5.59. The van der Waals surface area contributed by atoms with Crippen molar-refractivity contribution in [1.29, 1.82) is 0 Å². The summed E-state index contributed by atoms with van der Waals surface area (Å²) in [6.07, 6.45) is 3.55. The fraction of sp³-hybridized carbons (Fsp3) is 0.316. The summed E-state index contributed by atoms with van der Waals surface area (Å²) in [6, 6.07) is 17.5. The highest BCUT2D eigenvalue weighted by Gasteiger charge is 2.61. The van der Waals surface area contributed by atoms with Crippen molar-refractivity contribution in [2.75, 3.05) is 24.5 Å². The van der Waals surface area contributed by atoms with Gasteiger partial charge in [0.25, 0.3) is 5.91 Å². The number of thioether (sulfide) groups is 2. The molecule has 0 radical (unpaired) electrons. The predicted molar refractivity (Wildman–Crippen MR) is 105 cm³/mol. The van der Waals surface area contributed by atoms with E-state index in [1.165, 1.54) is 0 Å². The Bertz CT molecular complexity index is 717. The molecule has 0 aliphatic carbocycles. The first-order valence-electron chi connectivity index (χ1n) is 7.90. The lowest BCUT2D eigenvalue weighted by Crippen LogP contribution is -2.72. The molecule has 1 aliphatic rings. The van der Waals surface area contributed by atoms with Crippen LogP contribution in [0.3, 0.4) is 0 Å². The Morgan fingerprint density at radius 3 is 2.24 bits per heavy atom. The van der Waals surface area contributed by atoms with Gasteiger partial charge < -0.3 is 9.47 Å². The summed E-state index contributed by atoms with van der Waals surface area (Å²) in [4.78, 5) is 14.6. The predicted octanol–water partition coefficient (Wildman–Crippen LogP) is 4.01. The van der Waals surface area contributed by atoms with Crippen LogP contribution in [-0.4, -0.2) is 35.8 Å². The number of nitrogens with zero attached hydrogens (tertiary/aromatic N) is 1. The molecule has 0 saturated carbocycles. The molecule has 0 bridgehead atoms. The van der Waals surface area contributed by atoms with E-state index >= 15 is 0 Å². The second-order valence-corrected chi connectivity index (χ2v) is 7.91. The monoisotopic (exact) mass is 375 g/mol. The van der Waals surface area contributed by atoms with Gasteiger partial charge in [0, 0.05) is 5.69 Å². The molecule has 1 fully saturated rings. The zero-order valence-corrected chi connectivity index (χ0v) is 16.1. The maximum Gasteiger partial charge on any atom is 0.262 e. The van der Waals surface area contributed by atoms with Crippen molar-refractivity contribution in [3.8, 4) is 5.75 Å². The molecular formula is C19H21NO3S2. The van der Waals surface area contributed by atoms with Gasteiger partial charge in [-0.25, -0.2) is 0 Å². The number of rotatable bonds is 7. The van der Waals surface area contributed by atoms with Gasteiger partial charge in [0.1, 0.15) is 5.75 Å². The minimum atomic E-state index is -0.472. The first kappa shape index (κ1) is 18.2. The fourth-order valence-electron chi connectivity index (χ4n) is 2.93. The maximum atomic E-state index is 12.8. The van der Waals surface area contributed by atoms with Crippen molar-refractivity contribution in [2.24, 2.45) is 0 Å². The van der Waals surface area contributed by atoms with Crippen molar-refractivity contribution >= 4 is 35.1 Å². The molecule has 1 amide bonds. The highest BCUT2D eigenvalue weighted by atomic mass is 32.2. The van der Waals surface area contributed by atoms with E-state index in [1.54, 1.807) is 30.6 Å². The van der Waals surface area contributed by atoms with E-state index < -0.39 is 10.3 Å². The lowest BCUT2D eigenvalue weighted by Gasteiger charge is -2.54. The van der Waals surface area contributed by atoms with Gasteiger partial charge in [-0.15, -0.1) is 23.5 Å². The third-order valence-electron chi connectivity index (χ3n) is 4.26. The van der Waals surface area contributed by atoms with Gasteiger partial charge in [0.2, 0.25) is 0 Å². The molecule has 2 aromatic rings. The van der Waals surface area contributed by atoms with Crippen LogP contribution in [0.25, 0.3) is 0 Å². The number of hydrogen-bond acceptors (Lipinski definition) is 5. The Hall–Kier alpha value is -1.63. The van der Waals surface area contributed by atoms with Crippen LogP contribution in [0.1, 0.15) is 5.56 Å². The summed E-state index contributed by atoms with van der Waals surface area (Å²) >= 11 is 3.26. The van der Waals surface area contributed by atoms with E-state index in [4.69, 9.17) is 9.47 Å². The van der Waals surface area contributed by atoms with Gasteiger partial charge in [-0.3, -0.25) is 9.69 Å². The molecule has 25 heavy (non-hydrogen) atoms. The van der Waals surface area contributed by atoms with Crippen molar-refractivity contribution in [3.63, 3.8) is 0 Å². The molecule has 1 aliphatic heterocycles. The molecule has 2 aromatic carbocycles. The molecule has 1 saturated heterocycles.